The fourth-order valence-electron chi connectivity index (χ4n) is 1.59. The maximum absolute atomic E-state index is 4.14. The Morgan fingerprint density at radius 3 is 2.80 bits per heavy atom. The Labute approximate surface area is 90.2 Å². The van der Waals surface area contributed by atoms with Crippen LogP contribution < -0.4 is 0 Å². The third-order valence-electron chi connectivity index (χ3n) is 2.67. The van der Waals surface area contributed by atoms with Crippen LogP contribution in [-0.4, -0.2) is 29.3 Å². The molecule has 1 aliphatic heterocycles. The molecule has 0 aromatic heterocycles. The summed E-state index contributed by atoms with van der Waals surface area (Å²) in [6.45, 7) is 4.94. The van der Waals surface area contributed by atoms with Crippen LogP contribution in [0.5, 0.6) is 0 Å². The zero-order valence-electron chi connectivity index (χ0n) is 9.38. The van der Waals surface area contributed by atoms with Crippen LogP contribution in [-0.2, 0) is 0 Å². The molecular weight excluding hydrogens is 188 g/mol. The maximum atomic E-state index is 4.14. The highest BCUT2D eigenvalue weighted by Crippen LogP contribution is 2.25. The highest BCUT2D eigenvalue weighted by molar-refractivity contribution is 5.32. The molecule has 0 N–H and O–H groups in total. The maximum Gasteiger partial charge on any atom is 0.128 e. The molecule has 0 fully saturated rings. The fourth-order valence-corrected chi connectivity index (χ4v) is 1.59. The summed E-state index contributed by atoms with van der Waals surface area (Å²) in [5.74, 6) is 0. The molecule has 80 valence electrons. The minimum absolute atomic E-state index is 0.178. The van der Waals surface area contributed by atoms with Crippen LogP contribution in [0.3, 0.4) is 0 Å². The first-order valence-corrected chi connectivity index (χ1v) is 5.06. The van der Waals surface area contributed by atoms with Gasteiger partial charge in [-0.05, 0) is 13.8 Å². The van der Waals surface area contributed by atoms with E-state index in [4.69, 9.17) is 0 Å². The second kappa shape index (κ2) is 3.53. The van der Waals surface area contributed by atoms with Gasteiger partial charge in [-0.1, -0.05) is 46.4 Å². The zero-order valence-corrected chi connectivity index (χ0v) is 9.38. The Kier molecular flexibility index (Phi) is 2.34. The van der Waals surface area contributed by atoms with Gasteiger partial charge in [0.25, 0.3) is 0 Å². The summed E-state index contributed by atoms with van der Waals surface area (Å²) in [6, 6.07) is 0. The van der Waals surface area contributed by atoms with Crippen LogP contribution >= 0.6 is 0 Å². The van der Waals surface area contributed by atoms with Crippen LogP contribution in [0.1, 0.15) is 13.8 Å². The van der Waals surface area contributed by atoms with Crippen molar-refractivity contribution in [2.75, 3.05) is 13.7 Å². The van der Waals surface area contributed by atoms with Gasteiger partial charge < -0.3 is 0 Å². The van der Waals surface area contributed by atoms with Gasteiger partial charge >= 0.3 is 0 Å². The van der Waals surface area contributed by atoms with Gasteiger partial charge in [0.1, 0.15) is 6.67 Å². The Bertz CT molecular complexity index is 367. The second-order valence-corrected chi connectivity index (χ2v) is 4.21. The number of allylic oxidation sites excluding steroid dienone is 4. The third-order valence-corrected chi connectivity index (χ3v) is 2.67. The van der Waals surface area contributed by atoms with E-state index in [1.54, 1.807) is 0 Å². The average Bonchev–Trinajstić information content (AvgIpc) is 2.55. The molecule has 2 rings (SSSR count). The normalized spacial score (nSPS) is 29.7. The first-order valence-electron chi connectivity index (χ1n) is 5.06. The van der Waals surface area contributed by atoms with E-state index in [0.717, 1.165) is 6.67 Å². The molecule has 2 aliphatic rings. The van der Waals surface area contributed by atoms with Gasteiger partial charge in [0, 0.05) is 7.05 Å². The number of hydrogen-bond donors (Lipinski definition) is 0. The van der Waals surface area contributed by atoms with E-state index in [2.05, 4.69) is 54.7 Å². The molecule has 0 saturated heterocycles. The van der Waals surface area contributed by atoms with Crippen molar-refractivity contribution in [1.82, 2.24) is 10.0 Å². The largest absolute Gasteiger partial charge is 0.259 e. The van der Waals surface area contributed by atoms with Gasteiger partial charge in [-0.15, -0.1) is 0 Å². The molecule has 1 unspecified atom stereocenters. The van der Waals surface area contributed by atoms with Crippen LogP contribution in [0.25, 0.3) is 0 Å². The van der Waals surface area contributed by atoms with Crippen LogP contribution in [0.15, 0.2) is 46.4 Å². The first kappa shape index (κ1) is 9.96. The summed E-state index contributed by atoms with van der Waals surface area (Å²) in [4.78, 5) is 0. The van der Waals surface area contributed by atoms with Crippen molar-refractivity contribution < 1.29 is 0 Å². The first-order chi connectivity index (χ1) is 7.10. The van der Waals surface area contributed by atoms with E-state index in [1.807, 2.05) is 17.1 Å². The lowest BCUT2D eigenvalue weighted by molar-refractivity contribution is 0.167. The van der Waals surface area contributed by atoms with E-state index < -0.39 is 0 Å². The molecule has 4 heteroatoms. The summed E-state index contributed by atoms with van der Waals surface area (Å²) >= 11 is 0. The summed E-state index contributed by atoms with van der Waals surface area (Å²) in [5.41, 5.74) is 1.07. The molecule has 0 amide bonds. The SMILES string of the molecule is CC1=CC=CC(C)(N2CN(C)N=N2)C=C1. The van der Waals surface area contributed by atoms with Crippen molar-refractivity contribution >= 4 is 0 Å². The smallest absolute Gasteiger partial charge is 0.128 e. The quantitative estimate of drug-likeness (QED) is 0.656. The molecule has 0 aromatic carbocycles. The van der Waals surface area contributed by atoms with Gasteiger partial charge in [0.05, 0.1) is 5.54 Å². The second-order valence-electron chi connectivity index (χ2n) is 4.21. The highest BCUT2D eigenvalue weighted by Gasteiger charge is 2.30. The molecule has 0 bridgehead atoms. The van der Waals surface area contributed by atoms with Crippen molar-refractivity contribution in [3.8, 4) is 0 Å². The summed E-state index contributed by atoms with van der Waals surface area (Å²) in [5, 5.41) is 11.9. The van der Waals surface area contributed by atoms with Crippen molar-refractivity contribution in [1.29, 1.82) is 0 Å². The average molecular weight is 204 g/mol. The molecule has 15 heavy (non-hydrogen) atoms. The topological polar surface area (TPSA) is 31.2 Å². The lowest BCUT2D eigenvalue weighted by Crippen LogP contribution is -2.40. The Morgan fingerprint density at radius 1 is 1.33 bits per heavy atom. The Morgan fingerprint density at radius 2 is 2.13 bits per heavy atom. The summed E-state index contributed by atoms with van der Waals surface area (Å²) in [6.07, 6.45) is 10.6. The molecular formula is C11H16N4. The van der Waals surface area contributed by atoms with Crippen molar-refractivity contribution in [3.05, 3.63) is 36.0 Å². The monoisotopic (exact) mass is 204 g/mol. The summed E-state index contributed by atoms with van der Waals surface area (Å²) in [7, 11) is 1.92. The molecule has 0 saturated carbocycles. The van der Waals surface area contributed by atoms with Gasteiger partial charge in [0.15, 0.2) is 0 Å². The van der Waals surface area contributed by atoms with Crippen LogP contribution in [0.4, 0.5) is 0 Å². The predicted octanol–water partition coefficient (Wildman–Crippen LogP) is 2.30. The number of nitrogens with zero attached hydrogens (tertiary/aromatic N) is 4. The lowest BCUT2D eigenvalue weighted by Gasteiger charge is -2.30. The van der Waals surface area contributed by atoms with Gasteiger partial charge in [0.2, 0.25) is 0 Å². The van der Waals surface area contributed by atoms with E-state index in [0.29, 0.717) is 0 Å². The molecule has 0 spiro atoms. The van der Waals surface area contributed by atoms with E-state index in [1.165, 1.54) is 5.57 Å². The predicted molar refractivity (Wildman–Crippen MR) is 59.8 cm³/mol. The lowest BCUT2D eigenvalue weighted by atomic mass is 10.0. The number of rotatable bonds is 1. The minimum Gasteiger partial charge on any atom is -0.259 e. The Hall–Kier alpha value is -1.58. The van der Waals surface area contributed by atoms with Gasteiger partial charge in [-0.2, -0.15) is 0 Å². The van der Waals surface area contributed by atoms with Crippen molar-refractivity contribution in [3.63, 3.8) is 0 Å². The molecule has 0 aromatic rings. The zero-order chi connectivity index (χ0) is 10.9. The highest BCUT2D eigenvalue weighted by atomic mass is 15.8. The molecule has 0 radical (unpaired) electrons. The van der Waals surface area contributed by atoms with Crippen LogP contribution in [0, 0.1) is 0 Å². The van der Waals surface area contributed by atoms with Crippen molar-refractivity contribution in [2.24, 2.45) is 10.4 Å². The number of hydrogen-bond acceptors (Lipinski definition) is 4. The molecule has 1 heterocycles. The van der Waals surface area contributed by atoms with Gasteiger partial charge in [-0.3, -0.25) is 5.01 Å². The third kappa shape index (κ3) is 1.93. The van der Waals surface area contributed by atoms with E-state index in [9.17, 15) is 0 Å². The molecule has 1 atom stereocenters. The Balaban J connectivity index is 2.21. The van der Waals surface area contributed by atoms with Crippen molar-refractivity contribution in [2.45, 2.75) is 19.4 Å². The van der Waals surface area contributed by atoms with E-state index in [-0.39, 0.29) is 5.54 Å². The van der Waals surface area contributed by atoms with Gasteiger partial charge in [-0.25, -0.2) is 5.01 Å². The van der Waals surface area contributed by atoms with Crippen LogP contribution in [0.2, 0.25) is 0 Å². The molecule has 4 nitrogen and oxygen atoms in total. The van der Waals surface area contributed by atoms with E-state index >= 15 is 0 Å². The standard InChI is InChI=1S/C11H16N4/c1-10-5-4-7-11(2,8-6-10)15-9-14(3)12-13-15/h4-8H,9H2,1-3H3. The summed E-state index contributed by atoms with van der Waals surface area (Å²) < 4.78 is 0. The minimum atomic E-state index is -0.178. The molecule has 1 aliphatic carbocycles. The fraction of sp³-hybridized carbons (Fsp3) is 0.455.